The van der Waals surface area contributed by atoms with E-state index in [1.807, 2.05) is 11.8 Å². The Morgan fingerprint density at radius 3 is 3.11 bits per heavy atom. The molecule has 0 saturated carbocycles. The van der Waals surface area contributed by atoms with Crippen LogP contribution in [0.5, 0.6) is 5.75 Å². The molecule has 0 aromatic heterocycles. The second kappa shape index (κ2) is 7.81. The lowest BCUT2D eigenvalue weighted by Gasteiger charge is -2.19. The highest BCUT2D eigenvalue weighted by molar-refractivity contribution is 7.98. The molecule has 1 heterocycles. The number of para-hydroxylation sites is 1. The molecule has 1 aromatic rings. The SMILES string of the molecule is CSCCCCNC1CCCOc2c(C)cccc21. The average Bonchev–Trinajstić information content (AvgIpc) is 2.62. The van der Waals surface area contributed by atoms with Crippen LogP contribution in [0.4, 0.5) is 0 Å². The standard InChI is InChI=1S/C16H25NOS/c1-13-7-5-8-14-15(9-6-11-18-16(13)14)17-10-3-4-12-19-2/h5,7-8,15,17H,3-4,6,9-12H2,1-2H3. The monoisotopic (exact) mass is 279 g/mol. The third-order valence-corrected chi connectivity index (χ3v) is 4.36. The molecule has 3 heteroatoms. The summed E-state index contributed by atoms with van der Waals surface area (Å²) in [6.45, 7) is 4.10. The van der Waals surface area contributed by atoms with Gasteiger partial charge < -0.3 is 10.1 Å². The molecule has 106 valence electrons. The van der Waals surface area contributed by atoms with E-state index in [0.29, 0.717) is 6.04 Å². The maximum absolute atomic E-state index is 5.91. The Bertz CT molecular complexity index is 394. The second-order valence-electron chi connectivity index (χ2n) is 5.19. The van der Waals surface area contributed by atoms with Crippen LogP contribution >= 0.6 is 11.8 Å². The molecule has 0 radical (unpaired) electrons. The largest absolute Gasteiger partial charge is 0.493 e. The van der Waals surface area contributed by atoms with Crippen LogP contribution < -0.4 is 10.1 Å². The van der Waals surface area contributed by atoms with Crippen LogP contribution in [0.15, 0.2) is 18.2 Å². The highest BCUT2D eigenvalue weighted by atomic mass is 32.2. The summed E-state index contributed by atoms with van der Waals surface area (Å²) < 4.78 is 5.91. The van der Waals surface area contributed by atoms with E-state index in [0.717, 1.165) is 25.3 Å². The van der Waals surface area contributed by atoms with E-state index in [-0.39, 0.29) is 0 Å². The first kappa shape index (κ1) is 14.7. The lowest BCUT2D eigenvalue weighted by atomic mass is 10.00. The van der Waals surface area contributed by atoms with E-state index < -0.39 is 0 Å². The van der Waals surface area contributed by atoms with Crippen molar-refractivity contribution in [2.45, 2.75) is 38.6 Å². The van der Waals surface area contributed by atoms with Gasteiger partial charge in [-0.05, 0) is 56.7 Å². The number of thioether (sulfide) groups is 1. The van der Waals surface area contributed by atoms with Crippen LogP contribution in [-0.2, 0) is 0 Å². The van der Waals surface area contributed by atoms with Crippen molar-refractivity contribution in [1.29, 1.82) is 0 Å². The van der Waals surface area contributed by atoms with Gasteiger partial charge in [-0.15, -0.1) is 0 Å². The number of benzene rings is 1. The summed E-state index contributed by atoms with van der Waals surface area (Å²) in [5, 5.41) is 3.71. The molecular formula is C16H25NOS. The fourth-order valence-corrected chi connectivity index (χ4v) is 3.12. The van der Waals surface area contributed by atoms with Crippen molar-refractivity contribution in [1.82, 2.24) is 5.32 Å². The van der Waals surface area contributed by atoms with Crippen LogP contribution in [0.2, 0.25) is 0 Å². The molecule has 1 atom stereocenters. The van der Waals surface area contributed by atoms with E-state index in [1.54, 1.807) is 0 Å². The quantitative estimate of drug-likeness (QED) is 0.797. The van der Waals surface area contributed by atoms with Crippen LogP contribution in [-0.4, -0.2) is 25.2 Å². The molecule has 0 bridgehead atoms. The molecule has 2 nitrogen and oxygen atoms in total. The first-order valence-electron chi connectivity index (χ1n) is 7.27. The lowest BCUT2D eigenvalue weighted by Crippen LogP contribution is -2.22. The summed E-state index contributed by atoms with van der Waals surface area (Å²) in [6, 6.07) is 6.96. The van der Waals surface area contributed by atoms with Gasteiger partial charge in [0.2, 0.25) is 0 Å². The number of ether oxygens (including phenoxy) is 1. The first-order valence-corrected chi connectivity index (χ1v) is 8.67. The number of hydrogen-bond acceptors (Lipinski definition) is 3. The maximum Gasteiger partial charge on any atom is 0.126 e. The van der Waals surface area contributed by atoms with Gasteiger partial charge >= 0.3 is 0 Å². The van der Waals surface area contributed by atoms with Crippen molar-refractivity contribution in [2.75, 3.05) is 25.2 Å². The predicted octanol–water partition coefficient (Wildman–Crippen LogP) is 3.94. The molecule has 0 aliphatic carbocycles. The van der Waals surface area contributed by atoms with Gasteiger partial charge in [0.05, 0.1) is 6.61 Å². The smallest absolute Gasteiger partial charge is 0.126 e. The molecule has 1 aliphatic rings. The highest BCUT2D eigenvalue weighted by Crippen LogP contribution is 2.33. The molecule has 1 N–H and O–H groups in total. The Morgan fingerprint density at radius 2 is 2.26 bits per heavy atom. The lowest BCUT2D eigenvalue weighted by molar-refractivity contribution is 0.313. The summed E-state index contributed by atoms with van der Waals surface area (Å²) in [5.74, 6) is 2.38. The van der Waals surface area contributed by atoms with Crippen molar-refractivity contribution in [3.8, 4) is 5.75 Å². The molecule has 0 spiro atoms. The minimum absolute atomic E-state index is 0.465. The van der Waals surface area contributed by atoms with Gasteiger partial charge in [0.1, 0.15) is 5.75 Å². The second-order valence-corrected chi connectivity index (χ2v) is 6.18. The molecule has 1 unspecified atom stereocenters. The van der Waals surface area contributed by atoms with Gasteiger partial charge in [0.25, 0.3) is 0 Å². The van der Waals surface area contributed by atoms with Gasteiger partial charge in [-0.3, -0.25) is 0 Å². The van der Waals surface area contributed by atoms with Gasteiger partial charge in [-0.1, -0.05) is 18.2 Å². The Balaban J connectivity index is 1.96. The topological polar surface area (TPSA) is 21.3 Å². The molecule has 0 amide bonds. The fraction of sp³-hybridized carbons (Fsp3) is 0.625. The van der Waals surface area contributed by atoms with E-state index >= 15 is 0 Å². The van der Waals surface area contributed by atoms with Crippen molar-refractivity contribution >= 4 is 11.8 Å². The average molecular weight is 279 g/mol. The Kier molecular flexibility index (Phi) is 6.05. The Labute approximate surface area is 121 Å². The molecular weight excluding hydrogens is 254 g/mol. The third-order valence-electron chi connectivity index (χ3n) is 3.67. The van der Waals surface area contributed by atoms with E-state index in [2.05, 4.69) is 36.7 Å². The van der Waals surface area contributed by atoms with Gasteiger partial charge in [-0.25, -0.2) is 0 Å². The predicted molar refractivity (Wildman–Crippen MR) is 84.3 cm³/mol. The van der Waals surface area contributed by atoms with Gasteiger partial charge in [0.15, 0.2) is 0 Å². The molecule has 19 heavy (non-hydrogen) atoms. The Hall–Kier alpha value is -0.670. The van der Waals surface area contributed by atoms with Crippen LogP contribution in [0.1, 0.15) is 42.9 Å². The summed E-state index contributed by atoms with van der Waals surface area (Å²) >= 11 is 1.93. The normalized spacial score (nSPS) is 18.5. The number of hydrogen-bond donors (Lipinski definition) is 1. The minimum Gasteiger partial charge on any atom is -0.493 e. The molecule has 1 aromatic carbocycles. The van der Waals surface area contributed by atoms with Crippen molar-refractivity contribution in [2.24, 2.45) is 0 Å². The van der Waals surface area contributed by atoms with Crippen molar-refractivity contribution < 1.29 is 4.74 Å². The van der Waals surface area contributed by atoms with Crippen LogP contribution in [0.25, 0.3) is 0 Å². The summed E-state index contributed by atoms with van der Waals surface area (Å²) in [6.07, 6.45) is 7.06. The number of unbranched alkanes of at least 4 members (excludes halogenated alkanes) is 1. The minimum atomic E-state index is 0.465. The first-order chi connectivity index (χ1) is 9.33. The number of aryl methyl sites for hydroxylation is 1. The van der Waals surface area contributed by atoms with Crippen LogP contribution in [0.3, 0.4) is 0 Å². The van der Waals surface area contributed by atoms with E-state index in [1.165, 1.54) is 36.1 Å². The Morgan fingerprint density at radius 1 is 1.37 bits per heavy atom. The summed E-state index contributed by atoms with van der Waals surface area (Å²) in [7, 11) is 0. The highest BCUT2D eigenvalue weighted by Gasteiger charge is 2.20. The van der Waals surface area contributed by atoms with E-state index in [4.69, 9.17) is 4.74 Å². The van der Waals surface area contributed by atoms with E-state index in [9.17, 15) is 0 Å². The number of nitrogens with one attached hydrogen (secondary N) is 1. The zero-order valence-electron chi connectivity index (χ0n) is 12.1. The molecule has 0 saturated heterocycles. The van der Waals surface area contributed by atoms with Crippen molar-refractivity contribution in [3.05, 3.63) is 29.3 Å². The van der Waals surface area contributed by atoms with Gasteiger partial charge in [-0.2, -0.15) is 11.8 Å². The summed E-state index contributed by atoms with van der Waals surface area (Å²) in [4.78, 5) is 0. The van der Waals surface area contributed by atoms with Gasteiger partial charge in [0, 0.05) is 11.6 Å². The van der Waals surface area contributed by atoms with Crippen LogP contribution in [0, 0.1) is 6.92 Å². The maximum atomic E-state index is 5.91. The number of rotatable bonds is 6. The molecule has 2 rings (SSSR count). The summed E-state index contributed by atoms with van der Waals surface area (Å²) in [5.41, 5.74) is 2.61. The molecule has 1 aliphatic heterocycles. The number of fused-ring (bicyclic) bond motifs is 1. The molecule has 0 fully saturated rings. The fourth-order valence-electron chi connectivity index (χ4n) is 2.62. The third kappa shape index (κ3) is 4.15. The zero-order valence-corrected chi connectivity index (χ0v) is 12.9. The van der Waals surface area contributed by atoms with Crippen molar-refractivity contribution in [3.63, 3.8) is 0 Å². The zero-order chi connectivity index (χ0) is 13.5.